The van der Waals surface area contributed by atoms with E-state index < -0.39 is 10.0 Å². The van der Waals surface area contributed by atoms with Crippen LogP contribution in [0.4, 0.5) is 5.69 Å². The number of nitrogens with zero attached hydrogens (tertiary/aromatic N) is 4. The van der Waals surface area contributed by atoms with Crippen molar-refractivity contribution in [1.82, 2.24) is 14.1 Å². The van der Waals surface area contributed by atoms with Gasteiger partial charge in [-0.2, -0.15) is 9.40 Å². The number of rotatable bonds is 6. The average Bonchev–Trinajstić information content (AvgIpc) is 3.36. The van der Waals surface area contributed by atoms with Gasteiger partial charge in [-0.25, -0.2) is 13.1 Å². The number of anilines is 1. The number of para-hydroxylation sites is 3. The number of methoxy groups -OCH3 is 1. The van der Waals surface area contributed by atoms with Gasteiger partial charge in [-0.3, -0.25) is 0 Å². The summed E-state index contributed by atoms with van der Waals surface area (Å²) in [5, 5.41) is 4.68. The number of sulfonamides is 1. The first-order valence-electron chi connectivity index (χ1n) is 11.2. The third kappa shape index (κ3) is 4.18. The van der Waals surface area contributed by atoms with Crippen molar-refractivity contribution in [3.8, 4) is 22.7 Å². The summed E-state index contributed by atoms with van der Waals surface area (Å²) >= 11 is 0. The molecular weight excluding hydrogens is 448 g/mol. The Labute approximate surface area is 199 Å². The molecule has 0 spiro atoms. The van der Waals surface area contributed by atoms with Crippen molar-refractivity contribution in [1.29, 1.82) is 0 Å². The second-order valence-electron chi connectivity index (χ2n) is 8.05. The molecule has 0 bridgehead atoms. The van der Waals surface area contributed by atoms with E-state index in [2.05, 4.69) is 10.00 Å². The van der Waals surface area contributed by atoms with Gasteiger partial charge in [0.25, 0.3) is 0 Å². The van der Waals surface area contributed by atoms with Crippen molar-refractivity contribution in [3.63, 3.8) is 0 Å². The Balaban J connectivity index is 1.47. The molecule has 5 rings (SSSR count). The SMILES string of the molecule is COc1ccccc1N1CCN(S(=O)(=O)c2cn(-c3ccccc3)nc2-c2ccccc2)CC1. The zero-order chi connectivity index (χ0) is 23.5. The largest absolute Gasteiger partial charge is 0.495 e. The van der Waals surface area contributed by atoms with E-state index in [4.69, 9.17) is 4.74 Å². The van der Waals surface area contributed by atoms with Crippen molar-refractivity contribution in [2.45, 2.75) is 4.90 Å². The third-order valence-corrected chi connectivity index (χ3v) is 7.93. The predicted molar refractivity (Wildman–Crippen MR) is 133 cm³/mol. The Morgan fingerprint density at radius 3 is 2.09 bits per heavy atom. The second kappa shape index (κ2) is 9.32. The summed E-state index contributed by atoms with van der Waals surface area (Å²) in [7, 11) is -2.11. The van der Waals surface area contributed by atoms with Crippen LogP contribution in [0.2, 0.25) is 0 Å². The monoisotopic (exact) mass is 474 g/mol. The number of benzene rings is 3. The van der Waals surface area contributed by atoms with Crippen molar-refractivity contribution in [2.24, 2.45) is 0 Å². The standard InChI is InChI=1S/C26H26N4O3S/c1-33-24-15-9-8-14-23(24)28-16-18-29(19-17-28)34(31,32)25-20-30(22-12-6-3-7-13-22)27-26(25)21-10-4-2-5-11-21/h2-15,20H,16-19H2,1H3. The normalized spacial score (nSPS) is 14.8. The summed E-state index contributed by atoms with van der Waals surface area (Å²) in [5.74, 6) is 0.786. The van der Waals surface area contributed by atoms with Crippen molar-refractivity contribution in [2.75, 3.05) is 38.2 Å². The van der Waals surface area contributed by atoms with Crippen LogP contribution in [-0.4, -0.2) is 55.8 Å². The quantitative estimate of drug-likeness (QED) is 0.422. The Kier molecular flexibility index (Phi) is 6.08. The number of hydrogen-bond acceptors (Lipinski definition) is 5. The second-order valence-corrected chi connectivity index (χ2v) is 9.96. The molecule has 0 unspecified atom stereocenters. The summed E-state index contributed by atoms with van der Waals surface area (Å²) in [4.78, 5) is 2.38. The van der Waals surface area contributed by atoms with Crippen LogP contribution < -0.4 is 9.64 Å². The first kappa shape index (κ1) is 22.2. The molecule has 174 valence electrons. The lowest BCUT2D eigenvalue weighted by atomic mass is 10.2. The molecule has 3 aromatic carbocycles. The molecule has 1 aliphatic rings. The third-order valence-electron chi connectivity index (χ3n) is 6.03. The van der Waals surface area contributed by atoms with E-state index in [9.17, 15) is 8.42 Å². The Morgan fingerprint density at radius 1 is 0.794 bits per heavy atom. The lowest BCUT2D eigenvalue weighted by Gasteiger charge is -2.35. The van der Waals surface area contributed by atoms with Crippen molar-refractivity contribution in [3.05, 3.63) is 91.1 Å². The first-order valence-corrected chi connectivity index (χ1v) is 12.6. The molecule has 2 heterocycles. The van der Waals surface area contributed by atoms with Crippen LogP contribution in [0.3, 0.4) is 0 Å². The molecule has 4 aromatic rings. The Hall–Kier alpha value is -3.62. The maximum Gasteiger partial charge on any atom is 0.246 e. The molecule has 0 N–H and O–H groups in total. The van der Waals surface area contributed by atoms with E-state index in [1.807, 2.05) is 84.9 Å². The zero-order valence-electron chi connectivity index (χ0n) is 18.9. The molecule has 0 atom stereocenters. The summed E-state index contributed by atoms with van der Waals surface area (Å²) < 4.78 is 36.3. The maximum absolute atomic E-state index is 13.8. The molecule has 1 fully saturated rings. The van der Waals surface area contributed by atoms with Gasteiger partial charge in [0, 0.05) is 31.7 Å². The molecule has 1 aliphatic heterocycles. The van der Waals surface area contributed by atoms with Crippen molar-refractivity contribution < 1.29 is 13.2 Å². The highest BCUT2D eigenvalue weighted by atomic mass is 32.2. The molecule has 1 aromatic heterocycles. The van der Waals surface area contributed by atoms with Gasteiger partial charge in [0.05, 0.1) is 24.7 Å². The van der Waals surface area contributed by atoms with Crippen LogP contribution in [0.1, 0.15) is 0 Å². The van der Waals surface area contributed by atoms with Gasteiger partial charge in [0.1, 0.15) is 16.3 Å². The minimum atomic E-state index is -3.76. The molecule has 34 heavy (non-hydrogen) atoms. The van der Waals surface area contributed by atoms with Crippen LogP contribution in [0.15, 0.2) is 96.0 Å². The highest BCUT2D eigenvalue weighted by Gasteiger charge is 2.33. The number of piperazine rings is 1. The minimum absolute atomic E-state index is 0.216. The minimum Gasteiger partial charge on any atom is -0.495 e. The van der Waals surface area contributed by atoms with E-state index >= 15 is 0 Å². The van der Waals surface area contributed by atoms with Gasteiger partial charge in [0.2, 0.25) is 10.0 Å². The molecule has 0 aliphatic carbocycles. The van der Waals surface area contributed by atoms with Gasteiger partial charge in [-0.15, -0.1) is 0 Å². The van der Waals surface area contributed by atoms with Gasteiger partial charge in [0.15, 0.2) is 0 Å². The van der Waals surface area contributed by atoms with Gasteiger partial charge >= 0.3 is 0 Å². The number of aromatic nitrogens is 2. The molecular formula is C26H26N4O3S. The van der Waals surface area contributed by atoms with Crippen LogP contribution in [-0.2, 0) is 10.0 Å². The van der Waals surface area contributed by atoms with Gasteiger partial charge in [-0.05, 0) is 24.3 Å². The smallest absolute Gasteiger partial charge is 0.246 e. The fourth-order valence-corrected chi connectivity index (χ4v) is 5.81. The summed E-state index contributed by atoms with van der Waals surface area (Å²) in [6.07, 6.45) is 1.62. The van der Waals surface area contributed by atoms with Crippen LogP contribution >= 0.6 is 0 Å². The Morgan fingerprint density at radius 2 is 1.41 bits per heavy atom. The maximum atomic E-state index is 13.8. The van der Waals surface area contributed by atoms with E-state index in [1.165, 1.54) is 0 Å². The number of hydrogen-bond donors (Lipinski definition) is 0. The average molecular weight is 475 g/mol. The van der Waals surface area contributed by atoms with Crippen LogP contribution in [0.25, 0.3) is 16.9 Å². The fraction of sp³-hybridized carbons (Fsp3) is 0.192. The van der Waals surface area contributed by atoms with Gasteiger partial charge < -0.3 is 9.64 Å². The molecule has 1 saturated heterocycles. The fourth-order valence-electron chi connectivity index (χ4n) is 4.26. The topological polar surface area (TPSA) is 67.7 Å². The molecule has 0 radical (unpaired) electrons. The first-order chi connectivity index (χ1) is 16.6. The molecule has 8 heteroatoms. The highest BCUT2D eigenvalue weighted by Crippen LogP contribution is 2.32. The highest BCUT2D eigenvalue weighted by molar-refractivity contribution is 7.89. The van der Waals surface area contributed by atoms with Crippen molar-refractivity contribution >= 4 is 15.7 Å². The van der Waals surface area contributed by atoms with Gasteiger partial charge in [-0.1, -0.05) is 60.7 Å². The summed E-state index contributed by atoms with van der Waals surface area (Å²) in [6.45, 7) is 1.91. The summed E-state index contributed by atoms with van der Waals surface area (Å²) in [5.41, 5.74) is 3.01. The summed E-state index contributed by atoms with van der Waals surface area (Å²) in [6, 6.07) is 26.8. The molecule has 7 nitrogen and oxygen atoms in total. The molecule has 0 saturated carbocycles. The Bertz CT molecular complexity index is 1360. The lowest BCUT2D eigenvalue weighted by molar-refractivity contribution is 0.378. The zero-order valence-corrected chi connectivity index (χ0v) is 19.7. The van der Waals surface area contributed by atoms with E-state index in [1.54, 1.807) is 22.3 Å². The number of ether oxygens (including phenoxy) is 1. The van der Waals surface area contributed by atoms with Crippen LogP contribution in [0.5, 0.6) is 5.75 Å². The van der Waals surface area contributed by atoms with E-state index in [0.717, 1.165) is 22.7 Å². The van der Waals surface area contributed by atoms with Crippen LogP contribution in [0, 0.1) is 0 Å². The molecule has 0 amide bonds. The lowest BCUT2D eigenvalue weighted by Crippen LogP contribution is -2.48. The van der Waals surface area contributed by atoms with E-state index in [0.29, 0.717) is 31.9 Å². The predicted octanol–water partition coefficient (Wildman–Crippen LogP) is 4.06. The van der Waals surface area contributed by atoms with E-state index in [-0.39, 0.29) is 4.90 Å².